The van der Waals surface area contributed by atoms with Gasteiger partial charge in [-0.15, -0.1) is 21.5 Å². The maximum atomic E-state index is 12.8. The van der Waals surface area contributed by atoms with Crippen molar-refractivity contribution >= 4 is 17.2 Å². The summed E-state index contributed by atoms with van der Waals surface area (Å²) in [7, 11) is 0. The highest BCUT2D eigenvalue weighted by Gasteiger charge is 2.53. The molecule has 1 aliphatic carbocycles. The van der Waals surface area contributed by atoms with Gasteiger partial charge in [0.05, 0.1) is 25.4 Å². The number of rotatable bonds is 7. The molecule has 9 heteroatoms. The first-order valence-electron chi connectivity index (χ1n) is 9.65. The van der Waals surface area contributed by atoms with Crippen LogP contribution in [0.1, 0.15) is 23.9 Å². The van der Waals surface area contributed by atoms with Gasteiger partial charge in [0.1, 0.15) is 10.0 Å². The highest BCUT2D eigenvalue weighted by atomic mass is 32.1. The van der Waals surface area contributed by atoms with Crippen molar-refractivity contribution in [2.75, 3.05) is 32.8 Å². The summed E-state index contributed by atoms with van der Waals surface area (Å²) in [5.41, 5.74) is 0. The molecule has 8 nitrogen and oxygen atoms in total. The third-order valence-corrected chi connectivity index (χ3v) is 6.65. The van der Waals surface area contributed by atoms with Gasteiger partial charge in [-0.2, -0.15) is 0 Å². The molecule has 6 atom stereocenters. The average Bonchev–Trinajstić information content (AvgIpc) is 3.23. The number of carbonyl (C=O) groups excluding carboxylic acids is 1. The molecule has 1 aliphatic heterocycles. The van der Waals surface area contributed by atoms with Crippen molar-refractivity contribution in [3.63, 3.8) is 0 Å². The Morgan fingerprint density at radius 3 is 2.70 bits per heavy atom. The summed E-state index contributed by atoms with van der Waals surface area (Å²) in [6.07, 6.45) is -1.70. The van der Waals surface area contributed by atoms with Crippen LogP contribution in [0.2, 0.25) is 0 Å². The monoisotopic (exact) mass is 398 g/mol. The normalized spacial score (nSPS) is 33.8. The van der Waals surface area contributed by atoms with Gasteiger partial charge in [-0.3, -0.25) is 9.69 Å². The number of hydrogen-bond donors (Lipinski definition) is 3. The van der Waals surface area contributed by atoms with Crippen LogP contribution in [0.15, 0.2) is 0 Å². The van der Waals surface area contributed by atoms with Crippen LogP contribution in [0.5, 0.6) is 0 Å². The van der Waals surface area contributed by atoms with Gasteiger partial charge < -0.3 is 20.3 Å². The van der Waals surface area contributed by atoms with E-state index in [9.17, 15) is 15.0 Å². The molecule has 1 amide bonds. The predicted molar refractivity (Wildman–Crippen MR) is 101 cm³/mol. The summed E-state index contributed by atoms with van der Waals surface area (Å²) in [4.78, 5) is 15.0. The molecular formula is C18H30N4O4S. The van der Waals surface area contributed by atoms with E-state index >= 15 is 0 Å². The highest BCUT2D eigenvalue weighted by Crippen LogP contribution is 2.44. The fourth-order valence-corrected chi connectivity index (χ4v) is 5.26. The molecule has 1 aromatic heterocycles. The van der Waals surface area contributed by atoms with Crippen LogP contribution < -0.4 is 5.32 Å². The molecule has 27 heavy (non-hydrogen) atoms. The molecule has 0 bridgehead atoms. The lowest BCUT2D eigenvalue weighted by atomic mass is 9.65. The quantitative estimate of drug-likeness (QED) is 0.556. The molecule has 3 N–H and O–H groups in total. The molecular weight excluding hydrogens is 368 g/mol. The SMILES string of the molecule is CCOCCNC(=O)[C@H]1[C@@H](C)[C@H](O)[C@@H](O)[C@H]2CN(Cc3nnc(C)s3)C[C@@H]21. The Bertz CT molecular complexity index is 643. The van der Waals surface area contributed by atoms with Crippen molar-refractivity contribution in [1.82, 2.24) is 20.4 Å². The van der Waals surface area contributed by atoms with Crippen LogP contribution in [0.3, 0.4) is 0 Å². The fraction of sp³-hybridized carbons (Fsp3) is 0.833. The van der Waals surface area contributed by atoms with E-state index in [0.717, 1.165) is 10.0 Å². The highest BCUT2D eigenvalue weighted by molar-refractivity contribution is 7.11. The Labute approximate surface area is 163 Å². The summed E-state index contributed by atoms with van der Waals surface area (Å²) in [6.45, 7) is 9.27. The first kappa shape index (κ1) is 20.6. The molecule has 1 saturated heterocycles. The van der Waals surface area contributed by atoms with Crippen LogP contribution >= 0.6 is 11.3 Å². The van der Waals surface area contributed by atoms with Gasteiger partial charge in [-0.25, -0.2) is 0 Å². The van der Waals surface area contributed by atoms with E-state index in [4.69, 9.17) is 4.74 Å². The van der Waals surface area contributed by atoms with Gasteiger partial charge in [-0.05, 0) is 25.7 Å². The van der Waals surface area contributed by atoms with Crippen molar-refractivity contribution in [3.05, 3.63) is 10.0 Å². The Balaban J connectivity index is 1.68. The number of aryl methyl sites for hydroxylation is 1. The zero-order chi connectivity index (χ0) is 19.6. The van der Waals surface area contributed by atoms with Crippen molar-refractivity contribution < 1.29 is 19.7 Å². The maximum absolute atomic E-state index is 12.8. The van der Waals surface area contributed by atoms with Gasteiger partial charge >= 0.3 is 0 Å². The minimum absolute atomic E-state index is 0.0134. The number of carbonyl (C=O) groups is 1. The molecule has 0 radical (unpaired) electrons. The van der Waals surface area contributed by atoms with Crippen LogP contribution in [-0.2, 0) is 16.1 Å². The Kier molecular flexibility index (Phi) is 6.80. The Morgan fingerprint density at radius 1 is 1.30 bits per heavy atom. The number of hydrogen-bond acceptors (Lipinski definition) is 8. The number of fused-ring (bicyclic) bond motifs is 1. The molecule has 2 aliphatic rings. The smallest absolute Gasteiger partial charge is 0.223 e. The first-order valence-corrected chi connectivity index (χ1v) is 10.5. The van der Waals surface area contributed by atoms with E-state index in [1.807, 2.05) is 20.8 Å². The molecule has 2 heterocycles. The van der Waals surface area contributed by atoms with E-state index < -0.39 is 12.2 Å². The number of amides is 1. The van der Waals surface area contributed by atoms with Gasteiger partial charge in [0, 0.05) is 38.1 Å². The Hall–Kier alpha value is -1.13. The summed E-state index contributed by atoms with van der Waals surface area (Å²) in [6, 6.07) is 0. The Morgan fingerprint density at radius 2 is 2.04 bits per heavy atom. The van der Waals surface area contributed by atoms with E-state index in [1.165, 1.54) is 0 Å². The lowest BCUT2D eigenvalue weighted by Crippen LogP contribution is -2.55. The lowest BCUT2D eigenvalue weighted by molar-refractivity contribution is -0.146. The van der Waals surface area contributed by atoms with E-state index in [-0.39, 0.29) is 29.6 Å². The van der Waals surface area contributed by atoms with Gasteiger partial charge in [0.15, 0.2) is 0 Å². The first-order chi connectivity index (χ1) is 12.9. The number of ether oxygens (including phenoxy) is 1. The zero-order valence-corrected chi connectivity index (χ0v) is 17.0. The van der Waals surface area contributed by atoms with Crippen molar-refractivity contribution in [2.24, 2.45) is 23.7 Å². The summed E-state index contributed by atoms with van der Waals surface area (Å²) >= 11 is 1.56. The van der Waals surface area contributed by atoms with Crippen LogP contribution in [0.4, 0.5) is 0 Å². The van der Waals surface area contributed by atoms with Crippen LogP contribution in [0.25, 0.3) is 0 Å². The maximum Gasteiger partial charge on any atom is 0.223 e. The van der Waals surface area contributed by atoms with Gasteiger partial charge in [0.25, 0.3) is 0 Å². The minimum Gasteiger partial charge on any atom is -0.390 e. The largest absolute Gasteiger partial charge is 0.390 e. The van der Waals surface area contributed by atoms with Crippen LogP contribution in [0, 0.1) is 30.6 Å². The van der Waals surface area contributed by atoms with Gasteiger partial charge in [-0.1, -0.05) is 6.92 Å². The molecule has 1 aromatic rings. The van der Waals surface area contributed by atoms with Crippen LogP contribution in [-0.4, -0.2) is 76.3 Å². The number of aliphatic hydroxyl groups excluding tert-OH is 2. The second kappa shape index (κ2) is 8.91. The van der Waals surface area contributed by atoms with E-state index in [0.29, 0.717) is 39.4 Å². The molecule has 2 fully saturated rings. The molecule has 152 valence electrons. The number of aromatic nitrogens is 2. The molecule has 0 unspecified atom stereocenters. The third kappa shape index (κ3) is 4.48. The minimum atomic E-state index is -0.891. The topological polar surface area (TPSA) is 108 Å². The standard InChI is InChI=1S/C18H30N4O4S/c1-4-26-6-5-19-18(25)15-10(2)16(23)17(24)13-8-22(7-12(13)15)9-14-21-20-11(3)27-14/h10,12-13,15-17,23-24H,4-9H2,1-3H3,(H,19,25)/t10-,12+,13+,15+,16+,17+/m1/s1. The molecule has 1 saturated carbocycles. The number of aliphatic hydroxyl groups is 2. The van der Waals surface area contributed by atoms with Crippen molar-refractivity contribution in [1.29, 1.82) is 0 Å². The summed E-state index contributed by atoms with van der Waals surface area (Å²) < 4.78 is 5.28. The molecule has 0 spiro atoms. The summed E-state index contributed by atoms with van der Waals surface area (Å²) in [5, 5.41) is 34.1. The van der Waals surface area contributed by atoms with Crippen molar-refractivity contribution in [3.8, 4) is 0 Å². The molecule has 0 aromatic carbocycles. The number of likely N-dealkylation sites (tertiary alicyclic amines) is 1. The second-order valence-electron chi connectivity index (χ2n) is 7.59. The van der Waals surface area contributed by atoms with Gasteiger partial charge in [0.2, 0.25) is 5.91 Å². The number of nitrogens with one attached hydrogen (secondary N) is 1. The zero-order valence-electron chi connectivity index (χ0n) is 16.2. The second-order valence-corrected chi connectivity index (χ2v) is 8.86. The lowest BCUT2D eigenvalue weighted by Gasteiger charge is -2.43. The van der Waals surface area contributed by atoms with E-state index in [1.54, 1.807) is 11.3 Å². The molecule has 3 rings (SSSR count). The predicted octanol–water partition coefficient (Wildman–Crippen LogP) is 0.0349. The van der Waals surface area contributed by atoms with E-state index in [2.05, 4.69) is 20.4 Å². The number of nitrogens with zero attached hydrogens (tertiary/aromatic N) is 3. The average molecular weight is 399 g/mol. The van der Waals surface area contributed by atoms with Crippen molar-refractivity contribution in [2.45, 2.75) is 39.5 Å². The third-order valence-electron chi connectivity index (χ3n) is 5.82. The fourth-order valence-electron chi connectivity index (χ4n) is 4.51. The summed E-state index contributed by atoms with van der Waals surface area (Å²) in [5.74, 6) is -0.780.